The van der Waals surface area contributed by atoms with Crippen LogP contribution in [0.15, 0.2) is 60.7 Å². The van der Waals surface area contributed by atoms with Crippen molar-refractivity contribution in [2.45, 2.75) is 7.43 Å². The normalized spacial score (nSPS) is 23.8. The molecule has 92 valence electrons. The maximum absolute atomic E-state index is 2.34. The summed E-state index contributed by atoms with van der Waals surface area (Å²) < 4.78 is 1.93. The van der Waals surface area contributed by atoms with E-state index in [1.165, 1.54) is 0 Å². The van der Waals surface area contributed by atoms with Gasteiger partial charge in [0.15, 0.2) is 0 Å². The van der Waals surface area contributed by atoms with Crippen molar-refractivity contribution in [2.24, 2.45) is 0 Å². The first-order chi connectivity index (χ1) is 8.93. The summed E-state index contributed by atoms with van der Waals surface area (Å²) >= 11 is 3.42. The molecule has 0 N–H and O–H groups in total. The molecule has 1 heterocycles. The predicted molar refractivity (Wildman–Crippen MR) is 81.4 cm³/mol. The van der Waals surface area contributed by atoms with E-state index in [4.69, 9.17) is 0 Å². The Labute approximate surface area is 130 Å². The SMILES string of the molecule is c1ccc(C2[Se][Se]C(c3ccccc3)[Se][Se]2)cc1. The molecular formula is C14H12Se4. The molecule has 1 fully saturated rings. The first-order valence-corrected chi connectivity index (χ1v) is 18.3. The van der Waals surface area contributed by atoms with E-state index in [9.17, 15) is 0 Å². The fraction of sp³-hybridized carbons (Fsp3) is 0.143. The van der Waals surface area contributed by atoms with Gasteiger partial charge in [-0.3, -0.25) is 0 Å². The van der Waals surface area contributed by atoms with Crippen molar-refractivity contribution in [3.8, 4) is 0 Å². The Morgan fingerprint density at radius 3 is 1.17 bits per heavy atom. The third-order valence-corrected chi connectivity index (χ3v) is 34.7. The molecule has 18 heavy (non-hydrogen) atoms. The Balaban J connectivity index is 1.65. The molecule has 1 saturated heterocycles. The van der Waals surface area contributed by atoms with Gasteiger partial charge in [0.2, 0.25) is 0 Å². The summed E-state index contributed by atoms with van der Waals surface area (Å²) in [7, 11) is 0. The van der Waals surface area contributed by atoms with Crippen molar-refractivity contribution in [3.63, 3.8) is 0 Å². The van der Waals surface area contributed by atoms with Crippen molar-refractivity contribution in [3.05, 3.63) is 71.8 Å². The van der Waals surface area contributed by atoms with E-state index in [1.807, 2.05) is 0 Å². The Kier molecular flexibility index (Phi) is 5.10. The van der Waals surface area contributed by atoms with E-state index in [2.05, 4.69) is 60.7 Å². The Hall–Kier alpha value is 0.518. The number of benzene rings is 2. The van der Waals surface area contributed by atoms with Gasteiger partial charge in [0.1, 0.15) is 0 Å². The van der Waals surface area contributed by atoms with Crippen LogP contribution in [0, 0.1) is 0 Å². The van der Waals surface area contributed by atoms with Crippen LogP contribution in [0.3, 0.4) is 0 Å². The molecule has 0 aromatic heterocycles. The topological polar surface area (TPSA) is 0 Å². The van der Waals surface area contributed by atoms with Gasteiger partial charge < -0.3 is 0 Å². The molecule has 0 aliphatic carbocycles. The Morgan fingerprint density at radius 1 is 0.500 bits per heavy atom. The second-order valence-electron chi connectivity index (χ2n) is 3.87. The molecule has 0 bridgehead atoms. The molecule has 0 amide bonds. The zero-order chi connectivity index (χ0) is 12.2. The molecule has 1 aliphatic heterocycles. The molecule has 4 heteroatoms. The van der Waals surface area contributed by atoms with Crippen LogP contribution in [0.2, 0.25) is 0 Å². The van der Waals surface area contributed by atoms with E-state index in [0.717, 1.165) is 60.0 Å². The van der Waals surface area contributed by atoms with E-state index < -0.39 is 0 Å². The molecule has 0 saturated carbocycles. The fourth-order valence-corrected chi connectivity index (χ4v) is 47.6. The van der Waals surface area contributed by atoms with Gasteiger partial charge in [-0.05, 0) is 0 Å². The zero-order valence-corrected chi connectivity index (χ0v) is 16.4. The molecule has 0 nitrogen and oxygen atoms in total. The van der Waals surface area contributed by atoms with Gasteiger partial charge >= 0.3 is 132 Å². The van der Waals surface area contributed by atoms with Gasteiger partial charge in [0, 0.05) is 0 Å². The summed E-state index contributed by atoms with van der Waals surface area (Å²) in [5.74, 6) is 0. The monoisotopic (exact) mass is 500 g/mol. The second kappa shape index (κ2) is 6.80. The molecule has 0 atom stereocenters. The summed E-state index contributed by atoms with van der Waals surface area (Å²) in [5, 5.41) is 0. The molecule has 3 rings (SSSR count). The molecular weight excluding hydrogens is 484 g/mol. The predicted octanol–water partition coefficient (Wildman–Crippen LogP) is 2.04. The first kappa shape index (κ1) is 13.5. The summed E-state index contributed by atoms with van der Waals surface area (Å²) in [6, 6.07) is 22.4. The van der Waals surface area contributed by atoms with Gasteiger partial charge in [0.05, 0.1) is 0 Å². The number of rotatable bonds is 2. The Morgan fingerprint density at radius 2 is 0.833 bits per heavy atom. The number of hydrogen-bond acceptors (Lipinski definition) is 0. The third-order valence-electron chi connectivity index (χ3n) is 2.60. The quantitative estimate of drug-likeness (QED) is 0.559. The van der Waals surface area contributed by atoms with Crippen molar-refractivity contribution < 1.29 is 0 Å². The van der Waals surface area contributed by atoms with E-state index in [0.29, 0.717) is 0 Å². The summed E-state index contributed by atoms with van der Waals surface area (Å²) in [4.78, 5) is 0. The second-order valence-corrected chi connectivity index (χ2v) is 20.9. The van der Waals surface area contributed by atoms with Crippen LogP contribution in [0.5, 0.6) is 0 Å². The van der Waals surface area contributed by atoms with Crippen LogP contribution in [0.25, 0.3) is 0 Å². The van der Waals surface area contributed by atoms with E-state index >= 15 is 0 Å². The minimum absolute atomic E-state index is 0.856. The summed E-state index contributed by atoms with van der Waals surface area (Å²) in [5.41, 5.74) is 3.24. The first-order valence-electron chi connectivity index (χ1n) is 5.67. The van der Waals surface area contributed by atoms with Crippen LogP contribution in [0.1, 0.15) is 18.6 Å². The summed E-state index contributed by atoms with van der Waals surface area (Å²) in [6.07, 6.45) is 0. The van der Waals surface area contributed by atoms with Crippen molar-refractivity contribution >= 4 is 52.5 Å². The van der Waals surface area contributed by atoms with Gasteiger partial charge in [-0.2, -0.15) is 0 Å². The van der Waals surface area contributed by atoms with Crippen molar-refractivity contribution in [1.29, 1.82) is 0 Å². The molecule has 0 unspecified atom stereocenters. The van der Waals surface area contributed by atoms with Crippen molar-refractivity contribution in [2.75, 3.05) is 0 Å². The van der Waals surface area contributed by atoms with Crippen LogP contribution in [0.4, 0.5) is 0 Å². The summed E-state index contributed by atoms with van der Waals surface area (Å²) in [6.45, 7) is 0. The standard InChI is InChI=1S/C14H12Se4/c1-3-7-11(8-4-1)13-15-17-14(18-16-13)12-9-5-2-6-10-12/h1-10,13-14H. The molecule has 0 spiro atoms. The van der Waals surface area contributed by atoms with Crippen LogP contribution >= 0.6 is 0 Å². The maximum atomic E-state index is 2.34. The van der Waals surface area contributed by atoms with Gasteiger partial charge in [-0.15, -0.1) is 0 Å². The van der Waals surface area contributed by atoms with Gasteiger partial charge in [-0.1, -0.05) is 0 Å². The van der Waals surface area contributed by atoms with E-state index in [1.54, 1.807) is 11.1 Å². The number of hydrogen-bond donors (Lipinski definition) is 0. The van der Waals surface area contributed by atoms with E-state index in [-0.39, 0.29) is 0 Å². The average molecular weight is 496 g/mol. The van der Waals surface area contributed by atoms with Crippen LogP contribution < -0.4 is 0 Å². The van der Waals surface area contributed by atoms with Crippen molar-refractivity contribution in [1.82, 2.24) is 0 Å². The van der Waals surface area contributed by atoms with Crippen LogP contribution in [-0.4, -0.2) is 52.5 Å². The zero-order valence-electron chi connectivity index (χ0n) is 9.56. The van der Waals surface area contributed by atoms with Gasteiger partial charge in [-0.25, -0.2) is 0 Å². The molecule has 1 aliphatic rings. The average Bonchev–Trinajstić information content (AvgIpc) is 2.49. The van der Waals surface area contributed by atoms with Gasteiger partial charge in [0.25, 0.3) is 0 Å². The Bertz CT molecular complexity index is 430. The molecule has 0 radical (unpaired) electrons. The third kappa shape index (κ3) is 3.34. The fourth-order valence-electron chi connectivity index (χ4n) is 1.68. The van der Waals surface area contributed by atoms with Crippen LogP contribution in [-0.2, 0) is 0 Å². The minimum atomic E-state index is 0.856. The molecule has 2 aromatic rings. The molecule has 2 aromatic carbocycles.